The zero-order valence-electron chi connectivity index (χ0n) is 24.5. The van der Waals surface area contributed by atoms with Crippen molar-refractivity contribution >= 4 is 23.3 Å². The van der Waals surface area contributed by atoms with Gasteiger partial charge in [0.05, 0.1) is 23.2 Å². The third kappa shape index (κ3) is 8.09. The molecular formula is C35H31F3N3NiO4-. The summed E-state index contributed by atoms with van der Waals surface area (Å²) in [5.74, 6) is -1.99. The maximum atomic E-state index is 13.8. The van der Waals surface area contributed by atoms with E-state index < -0.39 is 41.5 Å². The van der Waals surface area contributed by atoms with Crippen LogP contribution in [0.4, 0.5) is 18.9 Å². The van der Waals surface area contributed by atoms with E-state index in [1.165, 1.54) is 6.07 Å². The number of likely N-dealkylation sites (tertiary alicyclic amines) is 1. The Morgan fingerprint density at radius 1 is 0.891 bits per heavy atom. The van der Waals surface area contributed by atoms with E-state index in [9.17, 15) is 33.0 Å². The molecule has 3 atom stereocenters. The van der Waals surface area contributed by atoms with Gasteiger partial charge < -0.3 is 20.3 Å². The number of hydrogen-bond acceptors (Lipinski definition) is 5. The van der Waals surface area contributed by atoms with Gasteiger partial charge in [-0.05, 0) is 42.1 Å². The Bertz CT molecular complexity index is 1670. The molecule has 1 aliphatic rings. The Labute approximate surface area is 274 Å². The van der Waals surface area contributed by atoms with Crippen LogP contribution in [0.5, 0.6) is 0 Å². The van der Waals surface area contributed by atoms with Gasteiger partial charge in [0.2, 0.25) is 0 Å². The molecule has 1 amide bonds. The standard InChI is InChI=1S/C35H32F3N3O4.Ni/c36-35(37,38)27-18-9-7-16-25(27)32(42)31(34(44)45)40-30(24-14-5-2-6-15-24)26-17-8-10-19-28(26)39-33(43)29-20-11-21-41(29)22-23-12-3-1-4-13-23;/h1-10,12-19,29,31-32,42H,11,20-22H2,(H2,39,40,43,44,45);/p-1/t29-,31-,32-;/m0./s1. The number of benzene rings is 4. The van der Waals surface area contributed by atoms with Gasteiger partial charge in [-0.25, -0.2) is 4.79 Å². The van der Waals surface area contributed by atoms with Crippen molar-refractivity contribution in [1.82, 2.24) is 4.90 Å². The average Bonchev–Trinajstić information content (AvgIpc) is 3.50. The van der Waals surface area contributed by atoms with Crippen LogP contribution in [0.25, 0.3) is 5.32 Å². The van der Waals surface area contributed by atoms with Crippen LogP contribution in [0.15, 0.2) is 114 Å². The number of carbonyl (C=O) groups excluding carboxylic acids is 1. The molecule has 0 spiro atoms. The van der Waals surface area contributed by atoms with Crippen molar-refractivity contribution in [3.63, 3.8) is 0 Å². The number of nitrogens with zero attached hydrogens (tertiary/aromatic N) is 3. The van der Waals surface area contributed by atoms with Crippen molar-refractivity contribution in [3.05, 3.63) is 142 Å². The zero-order chi connectivity index (χ0) is 32.0. The summed E-state index contributed by atoms with van der Waals surface area (Å²) < 4.78 is 41.3. The summed E-state index contributed by atoms with van der Waals surface area (Å²) >= 11 is 0. The molecule has 1 aliphatic heterocycles. The predicted octanol–water partition coefficient (Wildman–Crippen LogP) is 6.92. The molecule has 0 radical (unpaired) electrons. The Morgan fingerprint density at radius 2 is 1.50 bits per heavy atom. The molecule has 242 valence electrons. The molecule has 7 nitrogen and oxygen atoms in total. The van der Waals surface area contributed by atoms with E-state index in [-0.39, 0.29) is 33.8 Å². The molecule has 1 heterocycles. The van der Waals surface area contributed by atoms with Crippen LogP contribution >= 0.6 is 0 Å². The minimum absolute atomic E-state index is 0. The molecule has 0 saturated carbocycles. The van der Waals surface area contributed by atoms with Gasteiger partial charge in [0.25, 0.3) is 0 Å². The van der Waals surface area contributed by atoms with Gasteiger partial charge >= 0.3 is 12.1 Å². The predicted molar refractivity (Wildman–Crippen MR) is 164 cm³/mol. The molecule has 4 aromatic rings. The molecule has 1 fully saturated rings. The van der Waals surface area contributed by atoms with Crippen molar-refractivity contribution in [2.24, 2.45) is 4.99 Å². The topological polar surface area (TPSA) is 104 Å². The monoisotopic (exact) mass is 672 g/mol. The first-order chi connectivity index (χ1) is 21.6. The molecule has 0 bridgehead atoms. The molecule has 0 aliphatic carbocycles. The molecule has 0 unspecified atom stereocenters. The fourth-order valence-electron chi connectivity index (χ4n) is 5.56. The minimum Gasteiger partial charge on any atom is -0.625 e. The van der Waals surface area contributed by atoms with Gasteiger partial charge in [-0.2, -0.15) is 13.2 Å². The van der Waals surface area contributed by atoms with E-state index in [2.05, 4.69) is 15.2 Å². The van der Waals surface area contributed by atoms with E-state index in [4.69, 9.17) is 0 Å². The fourth-order valence-corrected chi connectivity index (χ4v) is 5.56. The maximum Gasteiger partial charge on any atom is 0.416 e. The number of alkyl halides is 3. The summed E-state index contributed by atoms with van der Waals surface area (Å²) in [6.07, 6.45) is -5.50. The number of rotatable bonds is 10. The average molecular weight is 673 g/mol. The van der Waals surface area contributed by atoms with Crippen molar-refractivity contribution in [1.29, 1.82) is 0 Å². The van der Waals surface area contributed by atoms with Crippen LogP contribution in [0.1, 0.15) is 46.8 Å². The molecule has 4 aromatic carbocycles. The van der Waals surface area contributed by atoms with Gasteiger partial charge in [-0.1, -0.05) is 103 Å². The third-order valence-corrected chi connectivity index (χ3v) is 7.72. The number of carboxylic acids is 1. The Kier molecular flexibility index (Phi) is 11.5. The Balaban J connectivity index is 0.00000480. The van der Waals surface area contributed by atoms with Crippen LogP contribution in [-0.4, -0.2) is 51.3 Å². The number of carboxylic acid groups (broad SMARTS) is 1. The van der Waals surface area contributed by atoms with E-state index in [0.29, 0.717) is 24.1 Å². The number of halogens is 3. The molecule has 46 heavy (non-hydrogen) atoms. The maximum absolute atomic E-state index is 13.8. The van der Waals surface area contributed by atoms with Crippen LogP contribution in [-0.2, 0) is 38.8 Å². The normalized spacial score (nSPS) is 16.7. The summed E-state index contributed by atoms with van der Waals surface area (Å²) in [6.45, 7) is 1.32. The molecule has 1 saturated heterocycles. The van der Waals surface area contributed by atoms with Gasteiger partial charge in [-0.15, -0.1) is 5.69 Å². The first-order valence-electron chi connectivity index (χ1n) is 14.5. The van der Waals surface area contributed by atoms with Gasteiger partial charge in [0, 0.05) is 28.6 Å². The number of para-hydroxylation sites is 1. The second kappa shape index (κ2) is 15.3. The van der Waals surface area contributed by atoms with Crippen LogP contribution in [0, 0.1) is 0 Å². The quantitative estimate of drug-likeness (QED) is 0.141. The van der Waals surface area contributed by atoms with Crippen LogP contribution in [0.2, 0.25) is 0 Å². The molecular weight excluding hydrogens is 642 g/mol. The number of aliphatic carboxylic acids is 1. The zero-order valence-corrected chi connectivity index (χ0v) is 25.4. The van der Waals surface area contributed by atoms with Crippen molar-refractivity contribution in [2.45, 2.75) is 43.8 Å². The molecule has 5 rings (SSSR count). The van der Waals surface area contributed by atoms with E-state index >= 15 is 0 Å². The van der Waals surface area contributed by atoms with Gasteiger partial charge in [0.15, 0.2) is 6.04 Å². The Hall–Kier alpha value is -4.31. The van der Waals surface area contributed by atoms with Crippen molar-refractivity contribution < 1.29 is 49.5 Å². The number of amides is 1. The SMILES string of the molecule is O=C(O)[C@@H](N=C(c1ccccc1)c1ccccc1[N-]C(=O)[C@@H]1CCCN1Cc1ccccc1)[C@@H](O)c1ccccc1C(F)(F)F.[Ni]. The molecule has 11 heteroatoms. The van der Waals surface area contributed by atoms with Crippen molar-refractivity contribution in [2.75, 3.05) is 6.54 Å². The second-order valence-electron chi connectivity index (χ2n) is 10.7. The summed E-state index contributed by atoms with van der Waals surface area (Å²) in [5, 5.41) is 25.7. The van der Waals surface area contributed by atoms with Gasteiger partial charge in [-0.3, -0.25) is 9.89 Å². The largest absolute Gasteiger partial charge is 0.625 e. The molecule has 0 aromatic heterocycles. The minimum atomic E-state index is -4.83. The summed E-state index contributed by atoms with van der Waals surface area (Å²) in [6, 6.07) is 26.6. The molecule has 2 N–H and O–H groups in total. The first kappa shape index (κ1) is 34.6. The Morgan fingerprint density at radius 3 is 2.17 bits per heavy atom. The number of hydrogen-bond donors (Lipinski definition) is 2. The van der Waals surface area contributed by atoms with E-state index in [0.717, 1.165) is 36.7 Å². The summed E-state index contributed by atoms with van der Waals surface area (Å²) in [5.41, 5.74) is 0.326. The fraction of sp³-hybridized carbons (Fsp3) is 0.229. The smallest absolute Gasteiger partial charge is 0.416 e. The summed E-state index contributed by atoms with van der Waals surface area (Å²) in [7, 11) is 0. The second-order valence-corrected chi connectivity index (χ2v) is 10.7. The number of carbonyl (C=O) groups is 2. The van der Waals surface area contributed by atoms with Crippen LogP contribution in [0.3, 0.4) is 0 Å². The van der Waals surface area contributed by atoms with Crippen LogP contribution < -0.4 is 0 Å². The summed E-state index contributed by atoms with van der Waals surface area (Å²) in [4.78, 5) is 32.5. The third-order valence-electron chi connectivity index (χ3n) is 7.72. The number of aliphatic hydroxyl groups is 1. The van der Waals surface area contributed by atoms with E-state index in [1.807, 2.05) is 30.3 Å². The first-order valence-corrected chi connectivity index (χ1v) is 14.5. The number of aliphatic imine (C=N–C) groups is 1. The van der Waals surface area contributed by atoms with Gasteiger partial charge in [0.1, 0.15) is 6.10 Å². The number of aliphatic hydroxyl groups excluding tert-OH is 1. The van der Waals surface area contributed by atoms with Crippen molar-refractivity contribution in [3.8, 4) is 0 Å². The van der Waals surface area contributed by atoms with E-state index in [1.54, 1.807) is 54.6 Å².